The van der Waals surface area contributed by atoms with E-state index in [9.17, 15) is 0 Å². The zero-order chi connectivity index (χ0) is 12.3. The Hall–Kier alpha value is 0.140. The lowest BCUT2D eigenvalue weighted by atomic mass is 9.87. The van der Waals surface area contributed by atoms with Gasteiger partial charge in [-0.05, 0) is 36.0 Å². The van der Waals surface area contributed by atoms with E-state index >= 15 is 0 Å². The van der Waals surface area contributed by atoms with Crippen LogP contribution in [-0.4, -0.2) is 0 Å². The number of nitrogens with two attached hydrogens (primary N) is 1. The van der Waals surface area contributed by atoms with Gasteiger partial charge in [-0.25, -0.2) is 0 Å². The van der Waals surface area contributed by atoms with Crippen molar-refractivity contribution in [3.05, 3.63) is 32.7 Å². The van der Waals surface area contributed by atoms with Crippen molar-refractivity contribution in [3.8, 4) is 0 Å². The molecule has 90 valence electrons. The second-order valence-electron chi connectivity index (χ2n) is 5.37. The van der Waals surface area contributed by atoms with Crippen molar-refractivity contribution in [3.63, 3.8) is 0 Å². The van der Waals surface area contributed by atoms with Crippen LogP contribution in [0.15, 0.2) is 27.1 Å². The third kappa shape index (κ3) is 4.56. The molecule has 0 amide bonds. The van der Waals surface area contributed by atoms with E-state index in [4.69, 9.17) is 5.73 Å². The highest BCUT2D eigenvalue weighted by Crippen LogP contribution is 2.31. The molecule has 1 aromatic rings. The van der Waals surface area contributed by atoms with Crippen LogP contribution < -0.4 is 5.73 Å². The van der Waals surface area contributed by atoms with Crippen molar-refractivity contribution in [2.24, 2.45) is 11.1 Å². The topological polar surface area (TPSA) is 26.0 Å². The van der Waals surface area contributed by atoms with E-state index in [1.54, 1.807) is 0 Å². The van der Waals surface area contributed by atoms with Gasteiger partial charge in [-0.15, -0.1) is 0 Å². The van der Waals surface area contributed by atoms with E-state index in [1.807, 2.05) is 12.1 Å². The Morgan fingerprint density at radius 3 is 2.38 bits per heavy atom. The summed E-state index contributed by atoms with van der Waals surface area (Å²) in [5, 5.41) is 0. The highest BCUT2D eigenvalue weighted by atomic mass is 79.9. The molecule has 0 aromatic heterocycles. The lowest BCUT2D eigenvalue weighted by Crippen LogP contribution is -2.15. The minimum Gasteiger partial charge on any atom is -0.324 e. The summed E-state index contributed by atoms with van der Waals surface area (Å²) in [4.78, 5) is 0. The van der Waals surface area contributed by atoms with E-state index in [2.05, 4.69) is 58.7 Å². The number of benzene rings is 1. The third-order valence-electron chi connectivity index (χ3n) is 2.57. The van der Waals surface area contributed by atoms with Gasteiger partial charge in [0.05, 0.1) is 0 Å². The minimum atomic E-state index is 0.113. The summed E-state index contributed by atoms with van der Waals surface area (Å²) in [6.07, 6.45) is 2.15. The second-order valence-corrected chi connectivity index (χ2v) is 7.14. The first kappa shape index (κ1) is 14.2. The molecular formula is C13H19Br2N. The molecule has 0 heterocycles. The van der Waals surface area contributed by atoms with E-state index in [0.717, 1.165) is 21.8 Å². The summed E-state index contributed by atoms with van der Waals surface area (Å²) in [6.45, 7) is 6.74. The van der Waals surface area contributed by atoms with Gasteiger partial charge in [0.2, 0.25) is 0 Å². The first-order valence-electron chi connectivity index (χ1n) is 5.50. The molecule has 1 aromatic carbocycles. The van der Waals surface area contributed by atoms with E-state index in [0.29, 0.717) is 5.41 Å². The fourth-order valence-corrected chi connectivity index (χ4v) is 2.89. The van der Waals surface area contributed by atoms with Crippen LogP contribution >= 0.6 is 31.9 Å². The molecule has 1 rings (SSSR count). The zero-order valence-corrected chi connectivity index (χ0v) is 13.2. The monoisotopic (exact) mass is 347 g/mol. The van der Waals surface area contributed by atoms with Gasteiger partial charge < -0.3 is 5.73 Å². The Balaban J connectivity index is 2.70. The molecule has 3 heteroatoms. The SMILES string of the molecule is CC(C)(C)CCC(N)c1ccc(Br)cc1Br. The first-order valence-corrected chi connectivity index (χ1v) is 7.09. The van der Waals surface area contributed by atoms with Gasteiger partial charge in [0.1, 0.15) is 0 Å². The third-order valence-corrected chi connectivity index (χ3v) is 3.75. The maximum absolute atomic E-state index is 6.21. The molecule has 0 aliphatic rings. The molecule has 0 aliphatic heterocycles. The van der Waals surface area contributed by atoms with Crippen LogP contribution in [0.2, 0.25) is 0 Å². The second kappa shape index (κ2) is 5.65. The van der Waals surface area contributed by atoms with Gasteiger partial charge in [0.25, 0.3) is 0 Å². The molecule has 0 fully saturated rings. The standard InChI is InChI=1S/C13H19Br2N/c1-13(2,3)7-6-12(16)10-5-4-9(14)8-11(10)15/h4-5,8,12H,6-7,16H2,1-3H3. The largest absolute Gasteiger partial charge is 0.324 e. The molecule has 1 atom stereocenters. The summed E-state index contributed by atoms with van der Waals surface area (Å²) < 4.78 is 2.16. The molecule has 1 unspecified atom stereocenters. The summed E-state index contributed by atoms with van der Waals surface area (Å²) in [7, 11) is 0. The highest BCUT2D eigenvalue weighted by Gasteiger charge is 2.15. The molecule has 0 bridgehead atoms. The quantitative estimate of drug-likeness (QED) is 0.813. The van der Waals surface area contributed by atoms with Crippen molar-refractivity contribution in [2.45, 2.75) is 39.7 Å². The summed E-state index contributed by atoms with van der Waals surface area (Å²) in [5.41, 5.74) is 7.74. The van der Waals surface area contributed by atoms with Crippen LogP contribution in [-0.2, 0) is 0 Å². The maximum atomic E-state index is 6.21. The molecule has 2 N–H and O–H groups in total. The summed E-state index contributed by atoms with van der Waals surface area (Å²) in [5.74, 6) is 0. The minimum absolute atomic E-state index is 0.113. The van der Waals surface area contributed by atoms with Crippen molar-refractivity contribution >= 4 is 31.9 Å². The van der Waals surface area contributed by atoms with Crippen molar-refractivity contribution in [1.82, 2.24) is 0 Å². The van der Waals surface area contributed by atoms with Crippen LogP contribution in [0.4, 0.5) is 0 Å². The van der Waals surface area contributed by atoms with Crippen molar-refractivity contribution < 1.29 is 0 Å². The maximum Gasteiger partial charge on any atom is 0.0306 e. The van der Waals surface area contributed by atoms with E-state index in [-0.39, 0.29) is 6.04 Å². The molecule has 0 radical (unpaired) electrons. The fourth-order valence-electron chi connectivity index (χ4n) is 1.55. The first-order chi connectivity index (χ1) is 7.29. The number of hydrogen-bond donors (Lipinski definition) is 1. The van der Waals surface area contributed by atoms with E-state index in [1.165, 1.54) is 5.56 Å². The molecule has 0 saturated carbocycles. The average molecular weight is 349 g/mol. The van der Waals surface area contributed by atoms with Crippen LogP contribution in [0.3, 0.4) is 0 Å². The van der Waals surface area contributed by atoms with Crippen molar-refractivity contribution in [2.75, 3.05) is 0 Å². The molecule has 0 saturated heterocycles. The smallest absolute Gasteiger partial charge is 0.0306 e. The average Bonchev–Trinajstić information content (AvgIpc) is 2.13. The van der Waals surface area contributed by atoms with Crippen molar-refractivity contribution in [1.29, 1.82) is 0 Å². The lowest BCUT2D eigenvalue weighted by Gasteiger charge is -2.21. The van der Waals surface area contributed by atoms with Gasteiger partial charge in [-0.3, -0.25) is 0 Å². The van der Waals surface area contributed by atoms with Gasteiger partial charge in [0.15, 0.2) is 0 Å². The Labute approximate surface area is 115 Å². The fraction of sp³-hybridized carbons (Fsp3) is 0.538. The van der Waals surface area contributed by atoms with Crippen LogP contribution in [0, 0.1) is 5.41 Å². The van der Waals surface area contributed by atoms with Crippen LogP contribution in [0.5, 0.6) is 0 Å². The predicted octanol–water partition coefficient (Wildman–Crippen LogP) is 5.04. The molecule has 0 spiro atoms. The normalized spacial score (nSPS) is 13.9. The van der Waals surface area contributed by atoms with Gasteiger partial charge >= 0.3 is 0 Å². The van der Waals surface area contributed by atoms with Gasteiger partial charge in [-0.1, -0.05) is 58.7 Å². The predicted molar refractivity (Wildman–Crippen MR) is 77.5 cm³/mol. The Bertz CT molecular complexity index is 355. The number of hydrogen-bond acceptors (Lipinski definition) is 1. The highest BCUT2D eigenvalue weighted by molar-refractivity contribution is 9.11. The lowest BCUT2D eigenvalue weighted by molar-refractivity contribution is 0.349. The molecule has 16 heavy (non-hydrogen) atoms. The Kier molecular flexibility index (Phi) is 5.02. The van der Waals surface area contributed by atoms with Gasteiger partial charge in [0, 0.05) is 15.0 Å². The summed E-state index contributed by atoms with van der Waals surface area (Å²) in [6, 6.07) is 6.28. The number of halogens is 2. The Morgan fingerprint density at radius 1 is 1.25 bits per heavy atom. The summed E-state index contributed by atoms with van der Waals surface area (Å²) >= 11 is 7.00. The van der Waals surface area contributed by atoms with Crippen LogP contribution in [0.1, 0.15) is 45.2 Å². The molecule has 1 nitrogen and oxygen atoms in total. The van der Waals surface area contributed by atoms with Crippen LogP contribution in [0.25, 0.3) is 0 Å². The number of rotatable bonds is 3. The van der Waals surface area contributed by atoms with E-state index < -0.39 is 0 Å². The molecule has 0 aliphatic carbocycles. The Morgan fingerprint density at radius 2 is 1.88 bits per heavy atom. The molecular weight excluding hydrogens is 330 g/mol. The zero-order valence-electron chi connectivity index (χ0n) is 10.1. The van der Waals surface area contributed by atoms with Gasteiger partial charge in [-0.2, -0.15) is 0 Å².